The van der Waals surface area contributed by atoms with E-state index in [0.717, 1.165) is 17.9 Å². The Morgan fingerprint density at radius 3 is 2.64 bits per heavy atom. The maximum Gasteiger partial charge on any atom is 0.257 e. The van der Waals surface area contributed by atoms with Gasteiger partial charge >= 0.3 is 0 Å². The van der Waals surface area contributed by atoms with Gasteiger partial charge in [0.05, 0.1) is 11.5 Å². The van der Waals surface area contributed by atoms with E-state index in [1.54, 1.807) is 0 Å². The van der Waals surface area contributed by atoms with Crippen molar-refractivity contribution in [2.24, 2.45) is 5.41 Å². The first-order valence-electron chi connectivity index (χ1n) is 9.55. The van der Waals surface area contributed by atoms with Gasteiger partial charge in [0.2, 0.25) is 0 Å². The molecule has 0 aromatic carbocycles. The van der Waals surface area contributed by atoms with Crippen LogP contribution in [0.25, 0.3) is 0 Å². The number of aromatic nitrogens is 2. The predicted octanol–water partition coefficient (Wildman–Crippen LogP) is 4.37. The number of carbonyl (C=O) groups is 1. The van der Waals surface area contributed by atoms with Crippen LogP contribution in [0.4, 0.5) is 5.82 Å². The van der Waals surface area contributed by atoms with Gasteiger partial charge in [-0.15, -0.1) is 0 Å². The number of aryl methyl sites for hydroxylation is 1. The maximum atomic E-state index is 13.1. The summed E-state index contributed by atoms with van der Waals surface area (Å²) in [6.07, 6.45) is 1.18. The van der Waals surface area contributed by atoms with Crippen LogP contribution in [0.3, 0.4) is 0 Å². The zero-order valence-electron chi connectivity index (χ0n) is 16.8. The second-order valence-electron chi connectivity index (χ2n) is 8.64. The summed E-state index contributed by atoms with van der Waals surface area (Å²) in [4.78, 5) is 33.7. The number of ketones is 1. The molecule has 0 saturated carbocycles. The third kappa shape index (κ3) is 3.32. The second-order valence-corrected chi connectivity index (χ2v) is 10.2. The molecule has 2 aliphatic rings. The molecular formula is C21H25N3O3S. The molecule has 0 saturated heterocycles. The molecule has 0 unspecified atom stereocenters. The molecule has 0 spiro atoms. The number of nitrogens with zero attached hydrogens (tertiary/aromatic N) is 1. The van der Waals surface area contributed by atoms with Crippen molar-refractivity contribution in [1.29, 1.82) is 0 Å². The summed E-state index contributed by atoms with van der Waals surface area (Å²) in [7, 11) is 0. The number of rotatable bonds is 3. The minimum absolute atomic E-state index is 0.0588. The number of hydrogen-bond donors (Lipinski definition) is 2. The smallest absolute Gasteiger partial charge is 0.257 e. The summed E-state index contributed by atoms with van der Waals surface area (Å²) in [5.41, 5.74) is 1.57. The first-order valence-corrected chi connectivity index (χ1v) is 10.4. The highest BCUT2D eigenvalue weighted by molar-refractivity contribution is 7.99. The molecule has 0 radical (unpaired) electrons. The molecule has 1 aliphatic carbocycles. The molecule has 7 heteroatoms. The van der Waals surface area contributed by atoms with E-state index in [2.05, 4.69) is 43.0 Å². The molecule has 2 aromatic heterocycles. The lowest BCUT2D eigenvalue weighted by Gasteiger charge is -2.37. The van der Waals surface area contributed by atoms with Crippen LogP contribution in [0.15, 0.2) is 37.8 Å². The molecule has 2 aromatic rings. The van der Waals surface area contributed by atoms with E-state index < -0.39 is 5.92 Å². The fourth-order valence-corrected chi connectivity index (χ4v) is 4.81. The highest BCUT2D eigenvalue weighted by Crippen LogP contribution is 2.47. The summed E-state index contributed by atoms with van der Waals surface area (Å²) < 4.78 is 5.88. The quantitative estimate of drug-likeness (QED) is 0.588. The van der Waals surface area contributed by atoms with Crippen molar-refractivity contribution < 1.29 is 9.21 Å². The van der Waals surface area contributed by atoms with Crippen LogP contribution < -0.4 is 10.9 Å². The third-order valence-electron chi connectivity index (χ3n) is 5.09. The van der Waals surface area contributed by atoms with Crippen molar-refractivity contribution in [3.8, 4) is 0 Å². The molecular weight excluding hydrogens is 374 g/mol. The van der Waals surface area contributed by atoms with Crippen LogP contribution in [0.5, 0.6) is 0 Å². The third-order valence-corrected chi connectivity index (χ3v) is 5.98. The van der Waals surface area contributed by atoms with Gasteiger partial charge in [-0.25, -0.2) is 4.98 Å². The molecule has 0 amide bonds. The Hall–Kier alpha value is -2.28. The van der Waals surface area contributed by atoms with E-state index >= 15 is 0 Å². The van der Waals surface area contributed by atoms with Gasteiger partial charge in [0.25, 0.3) is 5.56 Å². The molecule has 0 fully saturated rings. The van der Waals surface area contributed by atoms with Crippen LogP contribution in [-0.2, 0) is 4.79 Å². The van der Waals surface area contributed by atoms with Gasteiger partial charge in [0, 0.05) is 22.9 Å². The summed E-state index contributed by atoms with van der Waals surface area (Å²) in [6, 6.07) is 3.71. The average Bonchev–Trinajstić information content (AvgIpc) is 2.97. The fourth-order valence-electron chi connectivity index (χ4n) is 4.07. The maximum absolute atomic E-state index is 13.1. The number of anilines is 1. The SMILES string of the molecule is Cc1ccc([C@@H]2C3=C(CC(C)(C)CC3=O)Nc3nc(SC(C)C)[nH]c(=O)c32)o1. The van der Waals surface area contributed by atoms with Crippen LogP contribution in [0, 0.1) is 12.3 Å². The van der Waals surface area contributed by atoms with Crippen molar-refractivity contribution in [3.05, 3.63) is 50.8 Å². The number of H-pyrrole nitrogens is 1. The summed E-state index contributed by atoms with van der Waals surface area (Å²) in [5.74, 6) is 1.41. The molecule has 1 aliphatic heterocycles. The second kappa shape index (κ2) is 6.65. The van der Waals surface area contributed by atoms with Gasteiger partial charge in [-0.05, 0) is 30.9 Å². The fraction of sp³-hybridized carbons (Fsp3) is 0.476. The molecule has 6 nitrogen and oxygen atoms in total. The number of fused-ring (bicyclic) bond motifs is 1. The number of hydrogen-bond acceptors (Lipinski definition) is 6. The van der Waals surface area contributed by atoms with Crippen molar-refractivity contribution in [1.82, 2.24) is 9.97 Å². The Kier molecular flexibility index (Phi) is 4.53. The standard InChI is InChI=1S/C21H25N3O3S/c1-10(2)28-20-23-18-17(19(26)24-20)16(14-7-6-11(3)27-14)15-12(22-18)8-21(4,5)9-13(15)25/h6-7,10,16H,8-9H2,1-5H3,(H2,22,23,24,26)/t16-/m1/s1. The van der Waals surface area contributed by atoms with Gasteiger partial charge < -0.3 is 14.7 Å². The van der Waals surface area contributed by atoms with E-state index in [0.29, 0.717) is 39.5 Å². The van der Waals surface area contributed by atoms with E-state index in [9.17, 15) is 9.59 Å². The Morgan fingerprint density at radius 2 is 2.00 bits per heavy atom. The van der Waals surface area contributed by atoms with Gasteiger partial charge in [-0.1, -0.05) is 39.5 Å². The van der Waals surface area contributed by atoms with E-state index in [-0.39, 0.29) is 16.8 Å². The van der Waals surface area contributed by atoms with Crippen molar-refractivity contribution >= 4 is 23.4 Å². The molecule has 0 bridgehead atoms. The van der Waals surface area contributed by atoms with Crippen LogP contribution in [-0.4, -0.2) is 21.0 Å². The molecule has 3 heterocycles. The number of thioether (sulfide) groups is 1. The number of furan rings is 1. The zero-order chi connectivity index (χ0) is 20.2. The number of Topliss-reactive ketones (excluding diaryl/α,β-unsaturated/α-hetero) is 1. The zero-order valence-corrected chi connectivity index (χ0v) is 17.6. The molecule has 4 rings (SSSR count). The predicted molar refractivity (Wildman–Crippen MR) is 110 cm³/mol. The first kappa shape index (κ1) is 19.1. The number of nitrogens with one attached hydrogen (secondary N) is 2. The Morgan fingerprint density at radius 1 is 1.25 bits per heavy atom. The van der Waals surface area contributed by atoms with Crippen molar-refractivity contribution in [2.45, 2.75) is 63.8 Å². The molecule has 148 valence electrons. The van der Waals surface area contributed by atoms with Gasteiger partial charge in [0.1, 0.15) is 17.3 Å². The Labute approximate surface area is 168 Å². The lowest BCUT2D eigenvalue weighted by molar-refractivity contribution is -0.118. The van der Waals surface area contributed by atoms with Crippen molar-refractivity contribution in [2.75, 3.05) is 5.32 Å². The highest BCUT2D eigenvalue weighted by Gasteiger charge is 2.43. The number of allylic oxidation sites excluding steroid dienone is 2. The van der Waals surface area contributed by atoms with E-state index in [4.69, 9.17) is 4.42 Å². The first-order chi connectivity index (χ1) is 13.1. The van der Waals surface area contributed by atoms with Gasteiger partial charge in [-0.2, -0.15) is 0 Å². The molecule has 2 N–H and O–H groups in total. The van der Waals surface area contributed by atoms with Crippen LogP contribution >= 0.6 is 11.8 Å². The van der Waals surface area contributed by atoms with Gasteiger partial charge in [-0.3, -0.25) is 9.59 Å². The summed E-state index contributed by atoms with van der Waals surface area (Å²) in [6.45, 7) is 10.1. The molecule has 28 heavy (non-hydrogen) atoms. The Bertz CT molecular complexity index is 1050. The summed E-state index contributed by atoms with van der Waals surface area (Å²) in [5, 5.41) is 4.18. The van der Waals surface area contributed by atoms with Gasteiger partial charge in [0.15, 0.2) is 10.9 Å². The minimum Gasteiger partial charge on any atom is -0.465 e. The normalized spacial score (nSPS) is 20.8. The van der Waals surface area contributed by atoms with Crippen LogP contribution in [0.1, 0.15) is 63.5 Å². The number of carbonyl (C=O) groups excluding carboxylic acids is 1. The topological polar surface area (TPSA) is 88.0 Å². The average molecular weight is 400 g/mol. The monoisotopic (exact) mass is 399 g/mol. The number of aromatic amines is 1. The molecule has 1 atom stereocenters. The minimum atomic E-state index is -0.530. The van der Waals surface area contributed by atoms with Crippen LogP contribution in [0.2, 0.25) is 0 Å². The lowest BCUT2D eigenvalue weighted by atomic mass is 9.70. The Balaban J connectivity index is 1.93. The van der Waals surface area contributed by atoms with Crippen molar-refractivity contribution in [3.63, 3.8) is 0 Å². The highest BCUT2D eigenvalue weighted by atomic mass is 32.2. The lowest BCUT2D eigenvalue weighted by Crippen LogP contribution is -2.36. The summed E-state index contributed by atoms with van der Waals surface area (Å²) >= 11 is 1.50. The van der Waals surface area contributed by atoms with E-state index in [1.165, 1.54) is 11.8 Å². The largest absolute Gasteiger partial charge is 0.465 e. The van der Waals surface area contributed by atoms with E-state index in [1.807, 2.05) is 19.1 Å².